The van der Waals surface area contributed by atoms with Crippen LogP contribution in [0.25, 0.3) is 0 Å². The third kappa shape index (κ3) is 1.96. The molecule has 0 aromatic carbocycles. The van der Waals surface area contributed by atoms with Crippen LogP contribution in [0.3, 0.4) is 0 Å². The second-order valence-corrected chi connectivity index (χ2v) is 4.53. The number of hydrogen-bond donors (Lipinski definition) is 1. The second kappa shape index (κ2) is 3.14. The molecule has 0 bridgehead atoms. The molecule has 0 heterocycles. The fourth-order valence-electron chi connectivity index (χ4n) is 2.50. The minimum absolute atomic E-state index is 0.0528. The van der Waals surface area contributed by atoms with E-state index in [2.05, 4.69) is 20.8 Å². The lowest BCUT2D eigenvalue weighted by atomic mass is 9.80. The summed E-state index contributed by atoms with van der Waals surface area (Å²) in [6.07, 6.45) is 5.46. The summed E-state index contributed by atoms with van der Waals surface area (Å²) in [7, 11) is 0. The largest absolute Gasteiger partial charge is 0.325 e. The van der Waals surface area contributed by atoms with Gasteiger partial charge in [-0.1, -0.05) is 26.2 Å². The average Bonchev–Trinajstić information content (AvgIpc) is 2.31. The number of nitrogens with two attached hydrogens (primary N) is 1. The van der Waals surface area contributed by atoms with Crippen LogP contribution in [-0.4, -0.2) is 5.54 Å². The molecule has 1 saturated carbocycles. The van der Waals surface area contributed by atoms with E-state index >= 15 is 0 Å². The summed E-state index contributed by atoms with van der Waals surface area (Å²) < 4.78 is 0. The highest BCUT2D eigenvalue weighted by molar-refractivity contribution is 4.90. The van der Waals surface area contributed by atoms with Gasteiger partial charge in [0.25, 0.3) is 0 Å². The predicted octanol–water partition coefficient (Wildman–Crippen LogP) is 2.55. The molecule has 0 aliphatic heterocycles. The maximum atomic E-state index is 6.11. The van der Waals surface area contributed by atoms with Gasteiger partial charge in [0.1, 0.15) is 0 Å². The molecule has 11 heavy (non-hydrogen) atoms. The molecule has 1 aliphatic rings. The lowest BCUT2D eigenvalue weighted by molar-refractivity contribution is 0.246. The topological polar surface area (TPSA) is 26.0 Å². The first-order valence-electron chi connectivity index (χ1n) is 4.84. The lowest BCUT2D eigenvalue weighted by Crippen LogP contribution is -2.42. The van der Waals surface area contributed by atoms with Gasteiger partial charge < -0.3 is 5.73 Å². The normalized spacial score (nSPS) is 32.7. The summed E-state index contributed by atoms with van der Waals surface area (Å²) in [6.45, 7) is 6.63. The monoisotopic (exact) mass is 155 g/mol. The molecule has 0 radical (unpaired) electrons. The zero-order chi connectivity index (χ0) is 8.48. The molecule has 2 N–H and O–H groups in total. The molecule has 2 unspecified atom stereocenters. The molecule has 1 fully saturated rings. The van der Waals surface area contributed by atoms with Crippen LogP contribution in [0.2, 0.25) is 0 Å². The van der Waals surface area contributed by atoms with Gasteiger partial charge in [0.05, 0.1) is 0 Å². The number of rotatable bonds is 2. The quantitative estimate of drug-likeness (QED) is 0.651. The van der Waals surface area contributed by atoms with Crippen molar-refractivity contribution >= 4 is 0 Å². The Balaban J connectivity index is 2.57. The van der Waals surface area contributed by atoms with Crippen LogP contribution >= 0.6 is 0 Å². The van der Waals surface area contributed by atoms with Crippen molar-refractivity contribution in [3.8, 4) is 0 Å². The van der Waals surface area contributed by atoms with Gasteiger partial charge in [-0.05, 0) is 32.1 Å². The SMILES string of the molecule is CCC1CCCC1C(C)(C)N. The molecule has 0 aromatic heterocycles. The maximum absolute atomic E-state index is 6.11. The van der Waals surface area contributed by atoms with E-state index in [1.807, 2.05) is 0 Å². The molecular weight excluding hydrogens is 134 g/mol. The van der Waals surface area contributed by atoms with Crippen LogP contribution in [-0.2, 0) is 0 Å². The second-order valence-electron chi connectivity index (χ2n) is 4.53. The predicted molar refractivity (Wildman–Crippen MR) is 49.4 cm³/mol. The first-order valence-corrected chi connectivity index (χ1v) is 4.84. The van der Waals surface area contributed by atoms with Gasteiger partial charge in [0.2, 0.25) is 0 Å². The highest BCUT2D eigenvalue weighted by Gasteiger charge is 2.34. The van der Waals surface area contributed by atoms with Crippen molar-refractivity contribution in [1.29, 1.82) is 0 Å². The Morgan fingerprint density at radius 3 is 2.36 bits per heavy atom. The van der Waals surface area contributed by atoms with Crippen molar-refractivity contribution in [2.75, 3.05) is 0 Å². The maximum Gasteiger partial charge on any atom is 0.0128 e. The summed E-state index contributed by atoms with van der Waals surface area (Å²) in [5, 5.41) is 0. The lowest BCUT2D eigenvalue weighted by Gasteiger charge is -2.31. The zero-order valence-electron chi connectivity index (χ0n) is 8.06. The number of hydrogen-bond acceptors (Lipinski definition) is 1. The molecule has 0 spiro atoms. The third-order valence-electron chi connectivity index (χ3n) is 3.14. The van der Waals surface area contributed by atoms with E-state index in [4.69, 9.17) is 5.73 Å². The van der Waals surface area contributed by atoms with Gasteiger partial charge in [-0.3, -0.25) is 0 Å². The van der Waals surface area contributed by atoms with Gasteiger partial charge in [-0.2, -0.15) is 0 Å². The Hall–Kier alpha value is -0.0400. The van der Waals surface area contributed by atoms with Gasteiger partial charge in [0.15, 0.2) is 0 Å². The zero-order valence-corrected chi connectivity index (χ0v) is 8.06. The molecule has 1 heteroatoms. The van der Waals surface area contributed by atoms with E-state index in [9.17, 15) is 0 Å². The van der Waals surface area contributed by atoms with Gasteiger partial charge in [-0.25, -0.2) is 0 Å². The molecule has 0 saturated heterocycles. The Morgan fingerprint density at radius 1 is 1.36 bits per heavy atom. The molecule has 1 aliphatic carbocycles. The molecule has 66 valence electrons. The molecule has 2 atom stereocenters. The summed E-state index contributed by atoms with van der Waals surface area (Å²) in [5.41, 5.74) is 6.16. The third-order valence-corrected chi connectivity index (χ3v) is 3.14. The van der Waals surface area contributed by atoms with Crippen LogP contribution in [0.4, 0.5) is 0 Å². The highest BCUT2D eigenvalue weighted by Crippen LogP contribution is 2.39. The van der Waals surface area contributed by atoms with E-state index in [1.165, 1.54) is 25.7 Å². The van der Waals surface area contributed by atoms with E-state index in [0.717, 1.165) is 11.8 Å². The van der Waals surface area contributed by atoms with Crippen LogP contribution < -0.4 is 5.73 Å². The Morgan fingerprint density at radius 2 is 2.00 bits per heavy atom. The summed E-state index contributed by atoms with van der Waals surface area (Å²) >= 11 is 0. The highest BCUT2D eigenvalue weighted by atomic mass is 14.7. The van der Waals surface area contributed by atoms with E-state index in [0.29, 0.717) is 0 Å². The molecular formula is C10H21N. The van der Waals surface area contributed by atoms with Crippen molar-refractivity contribution < 1.29 is 0 Å². The van der Waals surface area contributed by atoms with Crippen LogP contribution in [0.15, 0.2) is 0 Å². The van der Waals surface area contributed by atoms with Crippen LogP contribution in [0.5, 0.6) is 0 Å². The summed E-state index contributed by atoms with van der Waals surface area (Å²) in [5.74, 6) is 1.67. The first-order chi connectivity index (χ1) is 5.05. The fourth-order valence-corrected chi connectivity index (χ4v) is 2.50. The van der Waals surface area contributed by atoms with E-state index < -0.39 is 0 Å². The molecule has 1 rings (SSSR count). The Kier molecular flexibility index (Phi) is 2.58. The Labute approximate surface area is 70.4 Å². The van der Waals surface area contributed by atoms with Crippen molar-refractivity contribution in [2.24, 2.45) is 17.6 Å². The van der Waals surface area contributed by atoms with Gasteiger partial charge in [-0.15, -0.1) is 0 Å². The summed E-state index contributed by atoms with van der Waals surface area (Å²) in [4.78, 5) is 0. The van der Waals surface area contributed by atoms with Gasteiger partial charge >= 0.3 is 0 Å². The fraction of sp³-hybridized carbons (Fsp3) is 1.00. The van der Waals surface area contributed by atoms with Crippen molar-refractivity contribution in [2.45, 2.75) is 52.0 Å². The van der Waals surface area contributed by atoms with Crippen molar-refractivity contribution in [3.63, 3.8) is 0 Å². The molecule has 0 aromatic rings. The van der Waals surface area contributed by atoms with E-state index in [-0.39, 0.29) is 5.54 Å². The Bertz CT molecular complexity index is 123. The minimum atomic E-state index is 0.0528. The van der Waals surface area contributed by atoms with Crippen LogP contribution in [0.1, 0.15) is 46.5 Å². The standard InChI is InChI=1S/C10H21N/c1-4-8-6-5-7-9(8)10(2,3)11/h8-9H,4-7,11H2,1-3H3. The van der Waals surface area contributed by atoms with E-state index in [1.54, 1.807) is 0 Å². The van der Waals surface area contributed by atoms with Gasteiger partial charge in [0, 0.05) is 5.54 Å². The smallest absolute Gasteiger partial charge is 0.0128 e. The average molecular weight is 155 g/mol. The first kappa shape index (κ1) is 9.05. The van der Waals surface area contributed by atoms with Crippen LogP contribution in [0, 0.1) is 11.8 Å². The minimum Gasteiger partial charge on any atom is -0.325 e. The molecule has 1 nitrogen and oxygen atoms in total. The van der Waals surface area contributed by atoms with Crippen molar-refractivity contribution in [1.82, 2.24) is 0 Å². The van der Waals surface area contributed by atoms with Crippen molar-refractivity contribution in [3.05, 3.63) is 0 Å². The summed E-state index contributed by atoms with van der Waals surface area (Å²) in [6, 6.07) is 0. The molecule has 0 amide bonds.